The second-order valence-electron chi connectivity index (χ2n) is 13.0. The molecule has 0 aromatic heterocycles. The molecule has 174 valence electrons. The molecule has 5 aliphatic carbocycles. The Hall–Kier alpha value is -0.200. The van der Waals surface area contributed by atoms with Gasteiger partial charge in [0.1, 0.15) is 0 Å². The maximum absolute atomic E-state index is 6.73. The molecule has 8 atom stereocenters. The van der Waals surface area contributed by atoms with Crippen LogP contribution in [0.1, 0.15) is 85.0 Å². The van der Waals surface area contributed by atoms with E-state index in [1.54, 1.807) is 0 Å². The summed E-state index contributed by atoms with van der Waals surface area (Å²) in [7, 11) is 0. The molecule has 9 aliphatic rings. The molecule has 1 spiro atoms. The number of ether oxygens (including phenoxy) is 3. The number of hydrogen-bond acceptors (Lipinski definition) is 5. The average Bonchev–Trinajstić information content (AvgIpc) is 2.95. The van der Waals surface area contributed by atoms with Gasteiger partial charge >= 0.3 is 0 Å². The first-order valence-corrected chi connectivity index (χ1v) is 13.2. The molecule has 1 unspecified atom stereocenters. The lowest BCUT2D eigenvalue weighted by Crippen LogP contribution is -2.70. The van der Waals surface area contributed by atoms with Crippen molar-refractivity contribution in [2.45, 2.75) is 109 Å². The molecule has 9 fully saturated rings. The zero-order valence-electron chi connectivity index (χ0n) is 19.5. The van der Waals surface area contributed by atoms with Crippen LogP contribution in [-0.4, -0.2) is 30.6 Å². The van der Waals surface area contributed by atoms with E-state index in [2.05, 4.69) is 13.8 Å². The van der Waals surface area contributed by atoms with Crippen molar-refractivity contribution in [3.63, 3.8) is 0 Å². The molecule has 4 saturated heterocycles. The van der Waals surface area contributed by atoms with Gasteiger partial charge in [-0.3, -0.25) is 0 Å². The molecule has 0 radical (unpaired) electrons. The normalized spacial score (nSPS) is 61.8. The zero-order chi connectivity index (χ0) is 21.0. The highest BCUT2D eigenvalue weighted by Crippen LogP contribution is 2.62. The van der Waals surface area contributed by atoms with Gasteiger partial charge in [0.05, 0.1) is 6.61 Å². The Labute approximate surface area is 186 Å². The Morgan fingerprint density at radius 1 is 0.871 bits per heavy atom. The van der Waals surface area contributed by atoms with Crippen LogP contribution in [0.4, 0.5) is 0 Å². The van der Waals surface area contributed by atoms with E-state index in [0.29, 0.717) is 23.2 Å². The quantitative estimate of drug-likeness (QED) is 0.557. The van der Waals surface area contributed by atoms with E-state index in [-0.39, 0.29) is 18.5 Å². The van der Waals surface area contributed by atoms with Crippen LogP contribution >= 0.6 is 0 Å². The lowest BCUT2D eigenvalue weighted by molar-refractivity contribution is -0.577. The van der Waals surface area contributed by atoms with Gasteiger partial charge in [0, 0.05) is 18.3 Å². The summed E-state index contributed by atoms with van der Waals surface area (Å²) >= 11 is 0. The van der Waals surface area contributed by atoms with Crippen LogP contribution in [0.5, 0.6) is 0 Å². The lowest BCUT2D eigenvalue weighted by Gasteiger charge is -2.61. The van der Waals surface area contributed by atoms with E-state index in [1.165, 1.54) is 44.9 Å². The first-order valence-electron chi connectivity index (χ1n) is 13.2. The highest BCUT2D eigenvalue weighted by Gasteiger charge is 2.69. The minimum Gasteiger partial charge on any atom is -0.352 e. The van der Waals surface area contributed by atoms with Gasteiger partial charge in [-0.1, -0.05) is 13.8 Å². The van der Waals surface area contributed by atoms with Gasteiger partial charge in [-0.2, -0.15) is 0 Å². The van der Waals surface area contributed by atoms with Crippen LogP contribution in [0.15, 0.2) is 0 Å². The van der Waals surface area contributed by atoms with Gasteiger partial charge in [0.15, 0.2) is 18.2 Å². The van der Waals surface area contributed by atoms with Crippen molar-refractivity contribution in [2.75, 3.05) is 6.61 Å². The maximum atomic E-state index is 6.73. The third kappa shape index (κ3) is 2.86. The van der Waals surface area contributed by atoms with Gasteiger partial charge in [0.25, 0.3) is 0 Å². The van der Waals surface area contributed by atoms with Gasteiger partial charge in [-0.25, -0.2) is 9.78 Å². The molecule has 4 heterocycles. The fraction of sp³-hybridized carbons (Fsp3) is 1.00. The van der Waals surface area contributed by atoms with Crippen molar-refractivity contribution in [3.05, 3.63) is 0 Å². The fourth-order valence-corrected chi connectivity index (χ4v) is 9.79. The molecule has 0 aromatic carbocycles. The summed E-state index contributed by atoms with van der Waals surface area (Å²) in [6.07, 6.45) is 12.3. The Kier molecular flexibility index (Phi) is 4.36. The Bertz CT molecular complexity index is 704. The van der Waals surface area contributed by atoms with E-state index < -0.39 is 11.4 Å². The minimum absolute atomic E-state index is 0.200. The summed E-state index contributed by atoms with van der Waals surface area (Å²) in [6.45, 7) is 7.56. The molecular formula is C26H40O5. The van der Waals surface area contributed by atoms with Crippen LogP contribution in [0.3, 0.4) is 0 Å². The van der Waals surface area contributed by atoms with Crippen LogP contribution in [0.25, 0.3) is 0 Å². The molecule has 0 aromatic rings. The van der Waals surface area contributed by atoms with Crippen molar-refractivity contribution in [3.8, 4) is 0 Å². The van der Waals surface area contributed by atoms with E-state index in [4.69, 9.17) is 24.0 Å². The van der Waals surface area contributed by atoms with Crippen molar-refractivity contribution in [2.24, 2.45) is 46.8 Å². The first-order chi connectivity index (χ1) is 14.9. The van der Waals surface area contributed by atoms with Gasteiger partial charge in [0.2, 0.25) is 5.79 Å². The molecule has 9 rings (SSSR count). The molecule has 5 heteroatoms. The summed E-state index contributed by atoms with van der Waals surface area (Å²) in [5.74, 6) is 3.83. The Morgan fingerprint density at radius 3 is 2.29 bits per heavy atom. The van der Waals surface area contributed by atoms with Crippen LogP contribution in [-0.2, 0) is 24.0 Å². The van der Waals surface area contributed by atoms with Crippen molar-refractivity contribution in [1.82, 2.24) is 0 Å². The van der Waals surface area contributed by atoms with E-state index in [0.717, 1.165) is 43.6 Å². The van der Waals surface area contributed by atoms with Crippen LogP contribution in [0.2, 0.25) is 0 Å². The highest BCUT2D eigenvalue weighted by molar-refractivity contribution is 5.09. The second kappa shape index (κ2) is 6.69. The lowest BCUT2D eigenvalue weighted by atomic mass is 9.50. The van der Waals surface area contributed by atoms with Crippen molar-refractivity contribution < 1.29 is 24.0 Å². The zero-order valence-corrected chi connectivity index (χ0v) is 19.5. The standard InChI is InChI=1S/C26H40O5/c1-15-4-5-21-16(2)22(27-14-25-11-17-8-18(12-25)10-19(9-17)13-25)28-23-26(21)20(15)6-7-24(3,29-23)30-31-26/h15-23H,4-14H2,1-3H3/t15-,16-,17?,18?,19?,20+,21+,22?,23-,24-,25?,26-/m1/s1. The van der Waals surface area contributed by atoms with Crippen LogP contribution in [0, 0.1) is 46.8 Å². The fourth-order valence-electron chi connectivity index (χ4n) is 9.79. The van der Waals surface area contributed by atoms with Crippen molar-refractivity contribution >= 4 is 0 Å². The van der Waals surface area contributed by atoms with E-state index in [1.807, 2.05) is 6.92 Å². The largest absolute Gasteiger partial charge is 0.352 e. The minimum atomic E-state index is -0.706. The summed E-state index contributed by atoms with van der Waals surface area (Å²) in [4.78, 5) is 12.2. The number of hydrogen-bond donors (Lipinski definition) is 0. The first kappa shape index (κ1) is 20.2. The monoisotopic (exact) mass is 432 g/mol. The predicted octanol–water partition coefficient (Wildman–Crippen LogP) is 5.43. The number of fused-ring (bicyclic) bond motifs is 2. The van der Waals surface area contributed by atoms with Gasteiger partial charge in [-0.05, 0) is 99.7 Å². The summed E-state index contributed by atoms with van der Waals surface area (Å²) < 4.78 is 19.9. The highest BCUT2D eigenvalue weighted by atomic mass is 17.3. The summed E-state index contributed by atoms with van der Waals surface area (Å²) in [6, 6.07) is 0. The smallest absolute Gasteiger partial charge is 0.201 e. The average molecular weight is 433 g/mol. The molecule has 0 amide bonds. The molecule has 5 nitrogen and oxygen atoms in total. The molecule has 31 heavy (non-hydrogen) atoms. The third-order valence-electron chi connectivity index (χ3n) is 10.8. The molecule has 4 aliphatic heterocycles. The molecule has 6 bridgehead atoms. The SMILES string of the molecule is C[C@@H]1CC[C@H]2[C@@H](C)C(OCC34CC5CC(CC(C5)C3)C4)O[C@@H]3O[C@@]4(C)CC[C@@H]1[C@]32OO4. The number of rotatable bonds is 3. The van der Waals surface area contributed by atoms with E-state index in [9.17, 15) is 0 Å². The molecular weight excluding hydrogens is 392 g/mol. The Balaban J connectivity index is 1.14. The van der Waals surface area contributed by atoms with E-state index >= 15 is 0 Å². The molecule has 5 saturated carbocycles. The Morgan fingerprint density at radius 2 is 1.58 bits per heavy atom. The van der Waals surface area contributed by atoms with Gasteiger partial charge < -0.3 is 14.2 Å². The van der Waals surface area contributed by atoms with Gasteiger partial charge in [-0.15, -0.1) is 0 Å². The van der Waals surface area contributed by atoms with Crippen LogP contribution < -0.4 is 0 Å². The predicted molar refractivity (Wildman–Crippen MR) is 113 cm³/mol. The summed E-state index contributed by atoms with van der Waals surface area (Å²) in [5.41, 5.74) is -0.0703. The van der Waals surface area contributed by atoms with Crippen molar-refractivity contribution in [1.29, 1.82) is 0 Å². The topological polar surface area (TPSA) is 46.2 Å². The second-order valence-corrected chi connectivity index (χ2v) is 13.0. The molecule has 0 N–H and O–H groups in total. The summed E-state index contributed by atoms with van der Waals surface area (Å²) in [5, 5.41) is 0. The maximum Gasteiger partial charge on any atom is 0.201 e. The third-order valence-corrected chi connectivity index (χ3v) is 10.8.